The summed E-state index contributed by atoms with van der Waals surface area (Å²) >= 11 is 0. The molecule has 1 aliphatic heterocycles. The van der Waals surface area contributed by atoms with E-state index in [1.807, 2.05) is 32.9 Å². The summed E-state index contributed by atoms with van der Waals surface area (Å²) < 4.78 is 27.1. The van der Waals surface area contributed by atoms with Gasteiger partial charge in [-0.3, -0.25) is 0 Å². The van der Waals surface area contributed by atoms with Crippen molar-refractivity contribution in [2.75, 3.05) is 13.1 Å². The SMILES string of the molecule is Cc1ccc(S(=O)(=O)N2CCC[C@@H]([C@H](C)N)C2)c(C)c1. The van der Waals surface area contributed by atoms with Gasteiger partial charge in [-0.1, -0.05) is 17.7 Å². The summed E-state index contributed by atoms with van der Waals surface area (Å²) in [5, 5.41) is 0. The minimum atomic E-state index is -3.40. The molecule has 2 rings (SSSR count). The number of benzene rings is 1. The minimum absolute atomic E-state index is 0.0344. The minimum Gasteiger partial charge on any atom is -0.328 e. The first-order chi connectivity index (χ1) is 9.32. The highest BCUT2D eigenvalue weighted by Crippen LogP contribution is 2.27. The van der Waals surface area contributed by atoms with Crippen molar-refractivity contribution in [3.05, 3.63) is 29.3 Å². The molecule has 20 heavy (non-hydrogen) atoms. The first kappa shape index (κ1) is 15.5. The van der Waals surface area contributed by atoms with Crippen LogP contribution in [-0.2, 0) is 10.0 Å². The van der Waals surface area contributed by atoms with Crippen LogP contribution in [0.5, 0.6) is 0 Å². The van der Waals surface area contributed by atoms with E-state index in [1.165, 1.54) is 0 Å². The number of rotatable bonds is 3. The van der Waals surface area contributed by atoms with E-state index in [-0.39, 0.29) is 12.0 Å². The van der Waals surface area contributed by atoms with Crippen LogP contribution in [0.2, 0.25) is 0 Å². The maximum absolute atomic E-state index is 12.8. The molecule has 1 aromatic carbocycles. The van der Waals surface area contributed by atoms with Crippen LogP contribution >= 0.6 is 0 Å². The molecule has 1 heterocycles. The molecule has 112 valence electrons. The van der Waals surface area contributed by atoms with Crippen molar-refractivity contribution in [1.82, 2.24) is 4.31 Å². The van der Waals surface area contributed by atoms with Crippen molar-refractivity contribution in [1.29, 1.82) is 0 Å². The predicted molar refractivity (Wildman–Crippen MR) is 81.0 cm³/mol. The van der Waals surface area contributed by atoms with Gasteiger partial charge in [-0.25, -0.2) is 8.42 Å². The lowest BCUT2D eigenvalue weighted by Gasteiger charge is -2.34. The highest BCUT2D eigenvalue weighted by atomic mass is 32.2. The van der Waals surface area contributed by atoms with Crippen molar-refractivity contribution >= 4 is 10.0 Å². The van der Waals surface area contributed by atoms with Gasteiger partial charge in [-0.15, -0.1) is 0 Å². The van der Waals surface area contributed by atoms with E-state index in [0.717, 1.165) is 24.0 Å². The average Bonchev–Trinajstić information content (AvgIpc) is 2.38. The number of aryl methyl sites for hydroxylation is 2. The fraction of sp³-hybridized carbons (Fsp3) is 0.600. The Bertz CT molecular complexity index is 582. The normalized spacial score (nSPS) is 22.7. The molecule has 4 nitrogen and oxygen atoms in total. The van der Waals surface area contributed by atoms with E-state index in [4.69, 9.17) is 5.73 Å². The standard InChI is InChI=1S/C15H24N2O2S/c1-11-6-7-15(12(2)9-11)20(18,19)17-8-4-5-14(10-17)13(3)16/h6-7,9,13-14H,4-5,8,10,16H2,1-3H3/t13-,14+/m0/s1. The van der Waals surface area contributed by atoms with Crippen LogP contribution in [0.15, 0.2) is 23.1 Å². The van der Waals surface area contributed by atoms with E-state index in [0.29, 0.717) is 18.0 Å². The fourth-order valence-electron chi connectivity index (χ4n) is 2.85. The van der Waals surface area contributed by atoms with E-state index >= 15 is 0 Å². The van der Waals surface area contributed by atoms with Gasteiger partial charge in [0.25, 0.3) is 0 Å². The molecule has 2 atom stereocenters. The van der Waals surface area contributed by atoms with Crippen molar-refractivity contribution in [2.45, 2.75) is 44.6 Å². The Kier molecular flexibility index (Phi) is 4.52. The molecule has 0 bridgehead atoms. The third-order valence-corrected chi connectivity index (χ3v) is 6.14. The first-order valence-corrected chi connectivity index (χ1v) is 8.59. The molecule has 5 heteroatoms. The average molecular weight is 296 g/mol. The van der Waals surface area contributed by atoms with Crippen LogP contribution in [0, 0.1) is 19.8 Å². The van der Waals surface area contributed by atoms with E-state index in [9.17, 15) is 8.42 Å². The van der Waals surface area contributed by atoms with Crippen LogP contribution in [-0.4, -0.2) is 31.9 Å². The van der Waals surface area contributed by atoms with Crippen molar-refractivity contribution in [3.8, 4) is 0 Å². The molecular formula is C15H24N2O2S. The van der Waals surface area contributed by atoms with E-state index in [2.05, 4.69) is 0 Å². The topological polar surface area (TPSA) is 63.4 Å². The second kappa shape index (κ2) is 5.84. The number of hydrogen-bond acceptors (Lipinski definition) is 3. The Morgan fingerprint density at radius 1 is 1.35 bits per heavy atom. The van der Waals surface area contributed by atoms with Crippen LogP contribution in [0.1, 0.15) is 30.9 Å². The van der Waals surface area contributed by atoms with Crippen molar-refractivity contribution in [2.24, 2.45) is 11.7 Å². The van der Waals surface area contributed by atoms with Gasteiger partial charge >= 0.3 is 0 Å². The van der Waals surface area contributed by atoms with Gasteiger partial charge in [0.1, 0.15) is 0 Å². The summed E-state index contributed by atoms with van der Waals surface area (Å²) in [5.41, 5.74) is 7.83. The number of nitrogens with two attached hydrogens (primary N) is 1. The van der Waals surface area contributed by atoms with Crippen LogP contribution < -0.4 is 5.73 Å². The Balaban J connectivity index is 2.30. The largest absolute Gasteiger partial charge is 0.328 e. The van der Waals surface area contributed by atoms with E-state index < -0.39 is 10.0 Å². The van der Waals surface area contributed by atoms with Crippen LogP contribution in [0.3, 0.4) is 0 Å². The summed E-state index contributed by atoms with van der Waals surface area (Å²) in [6.45, 7) is 6.91. The Morgan fingerprint density at radius 3 is 2.65 bits per heavy atom. The van der Waals surface area contributed by atoms with Gasteiger partial charge in [0, 0.05) is 19.1 Å². The molecule has 0 amide bonds. The van der Waals surface area contributed by atoms with E-state index in [1.54, 1.807) is 10.4 Å². The quantitative estimate of drug-likeness (QED) is 0.928. The van der Waals surface area contributed by atoms with Gasteiger partial charge in [0.2, 0.25) is 10.0 Å². The fourth-order valence-corrected chi connectivity index (χ4v) is 4.59. The lowest BCUT2D eigenvalue weighted by molar-refractivity contribution is 0.243. The molecule has 0 spiro atoms. The predicted octanol–water partition coefficient (Wildman–Crippen LogP) is 2.05. The molecule has 0 saturated carbocycles. The second-order valence-corrected chi connectivity index (χ2v) is 7.80. The van der Waals surface area contributed by atoms with Gasteiger partial charge in [-0.2, -0.15) is 4.31 Å². The van der Waals surface area contributed by atoms with Gasteiger partial charge in [-0.05, 0) is 51.2 Å². The Hall–Kier alpha value is -0.910. The third kappa shape index (κ3) is 3.05. The third-order valence-electron chi connectivity index (χ3n) is 4.11. The smallest absolute Gasteiger partial charge is 0.243 e. The lowest BCUT2D eigenvalue weighted by atomic mass is 9.93. The highest BCUT2D eigenvalue weighted by molar-refractivity contribution is 7.89. The molecule has 1 aliphatic rings. The van der Waals surface area contributed by atoms with Crippen molar-refractivity contribution < 1.29 is 8.42 Å². The molecule has 0 aromatic heterocycles. The number of sulfonamides is 1. The number of hydrogen-bond donors (Lipinski definition) is 1. The molecule has 1 aromatic rings. The zero-order chi connectivity index (χ0) is 14.9. The molecule has 1 saturated heterocycles. The molecule has 0 aliphatic carbocycles. The van der Waals surface area contributed by atoms with Gasteiger partial charge in [0.05, 0.1) is 4.90 Å². The molecule has 0 unspecified atom stereocenters. The number of piperidine rings is 1. The van der Waals surface area contributed by atoms with Crippen LogP contribution in [0.4, 0.5) is 0 Å². The summed E-state index contributed by atoms with van der Waals surface area (Å²) in [7, 11) is -3.40. The Labute approximate surface area is 122 Å². The maximum atomic E-state index is 12.8. The molecule has 2 N–H and O–H groups in total. The number of nitrogens with zero attached hydrogens (tertiary/aromatic N) is 1. The van der Waals surface area contributed by atoms with Crippen LogP contribution in [0.25, 0.3) is 0 Å². The zero-order valence-corrected chi connectivity index (χ0v) is 13.3. The Morgan fingerprint density at radius 2 is 2.05 bits per heavy atom. The molecule has 0 radical (unpaired) electrons. The van der Waals surface area contributed by atoms with Gasteiger partial charge in [0.15, 0.2) is 0 Å². The summed E-state index contributed by atoms with van der Waals surface area (Å²) in [6, 6.07) is 5.52. The zero-order valence-electron chi connectivity index (χ0n) is 12.5. The van der Waals surface area contributed by atoms with Gasteiger partial charge < -0.3 is 5.73 Å². The second-order valence-electron chi connectivity index (χ2n) is 5.89. The highest BCUT2D eigenvalue weighted by Gasteiger charge is 2.32. The lowest BCUT2D eigenvalue weighted by Crippen LogP contribution is -2.45. The first-order valence-electron chi connectivity index (χ1n) is 7.15. The summed E-state index contributed by atoms with van der Waals surface area (Å²) in [6.07, 6.45) is 1.90. The maximum Gasteiger partial charge on any atom is 0.243 e. The summed E-state index contributed by atoms with van der Waals surface area (Å²) in [4.78, 5) is 0.424. The monoisotopic (exact) mass is 296 g/mol. The molecular weight excluding hydrogens is 272 g/mol. The van der Waals surface area contributed by atoms with Crippen molar-refractivity contribution in [3.63, 3.8) is 0 Å². The molecule has 1 fully saturated rings. The summed E-state index contributed by atoms with van der Waals surface area (Å²) in [5.74, 6) is 0.254.